The van der Waals surface area contributed by atoms with Crippen molar-refractivity contribution in [3.63, 3.8) is 0 Å². The van der Waals surface area contributed by atoms with Crippen LogP contribution in [0.3, 0.4) is 0 Å². The summed E-state index contributed by atoms with van der Waals surface area (Å²) in [7, 11) is 0. The Morgan fingerprint density at radius 1 is 1.08 bits per heavy atom. The number of carbonyl (C=O) groups excluding carboxylic acids is 3. The Labute approximate surface area is 145 Å². The van der Waals surface area contributed by atoms with Gasteiger partial charge in [0.15, 0.2) is 5.78 Å². The van der Waals surface area contributed by atoms with Crippen molar-refractivity contribution in [3.8, 4) is 0 Å². The average Bonchev–Trinajstić information content (AvgIpc) is 2.41. The van der Waals surface area contributed by atoms with Gasteiger partial charge in [-0.2, -0.15) is 0 Å². The van der Waals surface area contributed by atoms with Crippen LogP contribution in [0, 0.1) is 11.8 Å². The Hall–Kier alpha value is -1.43. The van der Waals surface area contributed by atoms with E-state index in [0.717, 1.165) is 0 Å². The summed E-state index contributed by atoms with van der Waals surface area (Å²) in [5.41, 5.74) is -0.671. The van der Waals surface area contributed by atoms with Crippen LogP contribution < -0.4 is 0 Å². The van der Waals surface area contributed by atoms with E-state index in [1.807, 2.05) is 13.8 Å². The second-order valence-electron chi connectivity index (χ2n) is 7.16. The predicted molar refractivity (Wildman–Crippen MR) is 90.5 cm³/mol. The second kappa shape index (κ2) is 11.2. The molecule has 0 fully saturated rings. The molecule has 0 N–H and O–H groups in total. The molecule has 0 aromatic heterocycles. The molecule has 0 amide bonds. The first-order chi connectivity index (χ1) is 11.1. The zero-order valence-corrected chi connectivity index (χ0v) is 15.8. The Balaban J connectivity index is 4.66. The standard InChI is InChI=1S/C18H32O6/c1-7-23-16(20)10-8-9-14(17(21)24-18(4,5)6)15(19)12-22-11-13(2)3/h13-14H,7-12H2,1-6H3. The maximum atomic E-state index is 12.3. The van der Waals surface area contributed by atoms with Crippen LogP contribution in [0.1, 0.15) is 60.8 Å². The minimum absolute atomic E-state index is 0.124. The van der Waals surface area contributed by atoms with Crippen molar-refractivity contribution in [3.05, 3.63) is 0 Å². The highest BCUT2D eigenvalue weighted by atomic mass is 16.6. The Bertz CT molecular complexity index is 408. The number of esters is 2. The molecular formula is C18H32O6. The van der Waals surface area contributed by atoms with Gasteiger partial charge in [0.25, 0.3) is 0 Å². The first kappa shape index (κ1) is 22.6. The van der Waals surface area contributed by atoms with Gasteiger partial charge < -0.3 is 14.2 Å². The minimum atomic E-state index is -0.911. The van der Waals surface area contributed by atoms with E-state index in [1.54, 1.807) is 27.7 Å². The van der Waals surface area contributed by atoms with Gasteiger partial charge in [-0.3, -0.25) is 14.4 Å². The van der Waals surface area contributed by atoms with Crippen molar-refractivity contribution in [1.82, 2.24) is 0 Å². The summed E-state index contributed by atoms with van der Waals surface area (Å²) < 4.78 is 15.5. The van der Waals surface area contributed by atoms with Gasteiger partial charge in [-0.25, -0.2) is 0 Å². The van der Waals surface area contributed by atoms with Crippen LogP contribution in [0.15, 0.2) is 0 Å². The van der Waals surface area contributed by atoms with Crippen LogP contribution in [0.4, 0.5) is 0 Å². The molecule has 1 atom stereocenters. The second-order valence-corrected chi connectivity index (χ2v) is 7.16. The fourth-order valence-electron chi connectivity index (χ4n) is 1.96. The van der Waals surface area contributed by atoms with E-state index in [-0.39, 0.29) is 31.2 Å². The molecule has 0 bridgehead atoms. The highest BCUT2D eigenvalue weighted by Gasteiger charge is 2.31. The molecule has 6 nitrogen and oxygen atoms in total. The fraction of sp³-hybridized carbons (Fsp3) is 0.833. The number of carbonyl (C=O) groups is 3. The molecule has 0 heterocycles. The molecular weight excluding hydrogens is 312 g/mol. The van der Waals surface area contributed by atoms with E-state index in [4.69, 9.17) is 14.2 Å². The number of hydrogen-bond acceptors (Lipinski definition) is 6. The maximum Gasteiger partial charge on any atom is 0.317 e. The molecule has 0 saturated carbocycles. The van der Waals surface area contributed by atoms with Crippen LogP contribution in [0.2, 0.25) is 0 Å². The van der Waals surface area contributed by atoms with Gasteiger partial charge in [0, 0.05) is 13.0 Å². The van der Waals surface area contributed by atoms with E-state index in [1.165, 1.54) is 0 Å². The molecule has 1 unspecified atom stereocenters. The van der Waals surface area contributed by atoms with E-state index in [9.17, 15) is 14.4 Å². The fourth-order valence-corrected chi connectivity index (χ4v) is 1.96. The molecule has 0 rings (SSSR count). The first-order valence-electron chi connectivity index (χ1n) is 8.55. The Morgan fingerprint density at radius 3 is 2.21 bits per heavy atom. The molecule has 0 spiro atoms. The lowest BCUT2D eigenvalue weighted by Crippen LogP contribution is -2.34. The lowest BCUT2D eigenvalue weighted by Gasteiger charge is -2.23. The number of ether oxygens (including phenoxy) is 3. The van der Waals surface area contributed by atoms with Gasteiger partial charge >= 0.3 is 11.9 Å². The summed E-state index contributed by atoms with van der Waals surface area (Å²) >= 11 is 0. The largest absolute Gasteiger partial charge is 0.466 e. The van der Waals surface area contributed by atoms with Crippen molar-refractivity contribution in [2.24, 2.45) is 11.8 Å². The molecule has 0 saturated heterocycles. The molecule has 0 aliphatic carbocycles. The lowest BCUT2D eigenvalue weighted by atomic mass is 9.97. The van der Waals surface area contributed by atoms with Gasteiger partial charge in [0.2, 0.25) is 0 Å². The molecule has 24 heavy (non-hydrogen) atoms. The zero-order valence-electron chi connectivity index (χ0n) is 15.8. The maximum absolute atomic E-state index is 12.3. The molecule has 0 aromatic rings. The van der Waals surface area contributed by atoms with Crippen LogP contribution >= 0.6 is 0 Å². The van der Waals surface area contributed by atoms with Gasteiger partial charge in [-0.1, -0.05) is 13.8 Å². The third-order valence-corrected chi connectivity index (χ3v) is 2.95. The number of hydrogen-bond donors (Lipinski definition) is 0. The summed E-state index contributed by atoms with van der Waals surface area (Å²) in [6.07, 6.45) is 0.809. The van der Waals surface area contributed by atoms with E-state index in [0.29, 0.717) is 25.6 Å². The number of Topliss-reactive ketones (excluding diaryl/α,β-unsaturated/α-hetero) is 1. The molecule has 140 valence electrons. The van der Waals surface area contributed by atoms with Gasteiger partial charge in [0.05, 0.1) is 6.61 Å². The molecule has 0 aliphatic rings. The molecule has 0 aliphatic heterocycles. The summed E-state index contributed by atoms with van der Waals surface area (Å²) in [5.74, 6) is -1.81. The summed E-state index contributed by atoms with van der Waals surface area (Å²) in [5, 5.41) is 0. The molecule has 6 heteroatoms. The average molecular weight is 344 g/mol. The Morgan fingerprint density at radius 2 is 1.71 bits per heavy atom. The van der Waals surface area contributed by atoms with Crippen LogP contribution in [-0.4, -0.2) is 43.1 Å². The van der Waals surface area contributed by atoms with Gasteiger partial charge in [-0.15, -0.1) is 0 Å². The number of rotatable bonds is 11. The highest BCUT2D eigenvalue weighted by molar-refractivity contribution is 5.99. The quantitative estimate of drug-likeness (QED) is 0.423. The SMILES string of the molecule is CCOC(=O)CCCC(C(=O)COCC(C)C)C(=O)OC(C)(C)C. The summed E-state index contributed by atoms with van der Waals surface area (Å²) in [6.45, 7) is 11.6. The van der Waals surface area contributed by atoms with E-state index < -0.39 is 17.5 Å². The predicted octanol–water partition coefficient (Wildman–Crippen LogP) is 2.92. The molecule has 0 radical (unpaired) electrons. The minimum Gasteiger partial charge on any atom is -0.466 e. The van der Waals surface area contributed by atoms with Gasteiger partial charge in [0.1, 0.15) is 18.1 Å². The van der Waals surface area contributed by atoms with Crippen molar-refractivity contribution >= 4 is 17.7 Å². The molecule has 0 aromatic carbocycles. The highest BCUT2D eigenvalue weighted by Crippen LogP contribution is 2.18. The Kier molecular flexibility index (Phi) is 10.5. The van der Waals surface area contributed by atoms with Crippen molar-refractivity contribution in [1.29, 1.82) is 0 Å². The normalized spacial score (nSPS) is 12.8. The smallest absolute Gasteiger partial charge is 0.317 e. The van der Waals surface area contributed by atoms with Gasteiger partial charge in [-0.05, 0) is 46.5 Å². The van der Waals surface area contributed by atoms with Crippen LogP contribution in [0.5, 0.6) is 0 Å². The van der Waals surface area contributed by atoms with E-state index in [2.05, 4.69) is 0 Å². The lowest BCUT2D eigenvalue weighted by molar-refractivity contribution is -0.163. The van der Waals surface area contributed by atoms with Crippen molar-refractivity contribution < 1.29 is 28.6 Å². The summed E-state index contributed by atoms with van der Waals surface area (Å²) in [4.78, 5) is 36.0. The van der Waals surface area contributed by atoms with Crippen LogP contribution in [0.25, 0.3) is 0 Å². The monoisotopic (exact) mass is 344 g/mol. The van der Waals surface area contributed by atoms with Crippen molar-refractivity contribution in [2.75, 3.05) is 19.8 Å². The summed E-state index contributed by atoms with van der Waals surface area (Å²) in [6, 6.07) is 0. The topological polar surface area (TPSA) is 78.9 Å². The van der Waals surface area contributed by atoms with E-state index >= 15 is 0 Å². The van der Waals surface area contributed by atoms with Crippen molar-refractivity contribution in [2.45, 2.75) is 66.4 Å². The number of ketones is 1. The van der Waals surface area contributed by atoms with Crippen LogP contribution in [-0.2, 0) is 28.6 Å². The third-order valence-electron chi connectivity index (χ3n) is 2.95. The first-order valence-corrected chi connectivity index (χ1v) is 8.55. The third kappa shape index (κ3) is 11.2. The zero-order chi connectivity index (χ0) is 18.8.